The van der Waals surface area contributed by atoms with Gasteiger partial charge >= 0.3 is 12.0 Å². The monoisotopic (exact) mass is 336 g/mol. The SMILES string of the molecule is CCC(NC(=O)Nc1cc(F)c(Br)cc1F)C(=O)O. The molecule has 0 aromatic heterocycles. The number of amides is 2. The van der Waals surface area contributed by atoms with Crippen molar-refractivity contribution in [3.05, 3.63) is 28.2 Å². The average molecular weight is 337 g/mol. The van der Waals surface area contributed by atoms with Crippen LogP contribution >= 0.6 is 15.9 Å². The molecule has 1 atom stereocenters. The van der Waals surface area contributed by atoms with Gasteiger partial charge < -0.3 is 15.7 Å². The van der Waals surface area contributed by atoms with Crippen LogP contribution in [0.5, 0.6) is 0 Å². The van der Waals surface area contributed by atoms with E-state index in [0.29, 0.717) is 0 Å². The Morgan fingerprint density at radius 3 is 2.53 bits per heavy atom. The lowest BCUT2D eigenvalue weighted by Gasteiger charge is -2.13. The third-order valence-corrected chi connectivity index (χ3v) is 2.88. The van der Waals surface area contributed by atoms with E-state index in [1.807, 2.05) is 5.32 Å². The van der Waals surface area contributed by atoms with Crippen LogP contribution in [-0.2, 0) is 4.79 Å². The first-order valence-corrected chi connectivity index (χ1v) is 6.09. The van der Waals surface area contributed by atoms with Crippen molar-refractivity contribution in [2.75, 3.05) is 5.32 Å². The van der Waals surface area contributed by atoms with E-state index in [1.54, 1.807) is 6.92 Å². The van der Waals surface area contributed by atoms with Gasteiger partial charge in [-0.25, -0.2) is 18.4 Å². The molecule has 0 bridgehead atoms. The van der Waals surface area contributed by atoms with Gasteiger partial charge in [-0.05, 0) is 28.4 Å². The van der Waals surface area contributed by atoms with Gasteiger partial charge in [-0.3, -0.25) is 0 Å². The van der Waals surface area contributed by atoms with Gasteiger partial charge in [0.25, 0.3) is 0 Å². The number of hydrogen-bond acceptors (Lipinski definition) is 2. The van der Waals surface area contributed by atoms with Crippen molar-refractivity contribution in [1.29, 1.82) is 0 Å². The molecule has 0 saturated heterocycles. The summed E-state index contributed by atoms with van der Waals surface area (Å²) >= 11 is 2.80. The number of anilines is 1. The fourth-order valence-corrected chi connectivity index (χ4v) is 1.59. The van der Waals surface area contributed by atoms with Gasteiger partial charge in [0.05, 0.1) is 10.2 Å². The topological polar surface area (TPSA) is 78.4 Å². The number of carbonyl (C=O) groups excluding carboxylic acids is 1. The summed E-state index contributed by atoms with van der Waals surface area (Å²) in [5.41, 5.74) is -0.376. The van der Waals surface area contributed by atoms with Gasteiger partial charge in [0.2, 0.25) is 0 Å². The minimum Gasteiger partial charge on any atom is -0.480 e. The van der Waals surface area contributed by atoms with E-state index in [4.69, 9.17) is 5.11 Å². The van der Waals surface area contributed by atoms with Gasteiger partial charge in [0.1, 0.15) is 17.7 Å². The highest BCUT2D eigenvalue weighted by atomic mass is 79.9. The number of nitrogens with one attached hydrogen (secondary N) is 2. The number of urea groups is 1. The Bertz CT molecular complexity index is 511. The quantitative estimate of drug-likeness (QED) is 0.739. The average Bonchev–Trinajstić information content (AvgIpc) is 2.32. The third kappa shape index (κ3) is 4.16. The zero-order valence-electron chi connectivity index (χ0n) is 9.84. The van der Waals surface area contributed by atoms with Crippen molar-refractivity contribution in [2.45, 2.75) is 19.4 Å². The van der Waals surface area contributed by atoms with Gasteiger partial charge in [0, 0.05) is 6.07 Å². The largest absolute Gasteiger partial charge is 0.480 e. The second-order valence-electron chi connectivity index (χ2n) is 3.64. The van der Waals surface area contributed by atoms with Crippen LogP contribution in [0.4, 0.5) is 19.3 Å². The number of benzene rings is 1. The minimum absolute atomic E-state index is 0.0760. The smallest absolute Gasteiger partial charge is 0.326 e. The van der Waals surface area contributed by atoms with Crippen molar-refractivity contribution < 1.29 is 23.5 Å². The van der Waals surface area contributed by atoms with Crippen molar-refractivity contribution in [2.24, 2.45) is 0 Å². The maximum absolute atomic E-state index is 13.4. The normalized spacial score (nSPS) is 11.8. The molecule has 0 radical (unpaired) electrons. The number of carboxylic acid groups (broad SMARTS) is 1. The molecule has 1 aromatic rings. The second kappa shape index (κ2) is 6.46. The van der Waals surface area contributed by atoms with Crippen molar-refractivity contribution in [1.82, 2.24) is 5.32 Å². The van der Waals surface area contributed by atoms with E-state index < -0.39 is 29.7 Å². The first-order valence-electron chi connectivity index (χ1n) is 5.30. The van der Waals surface area contributed by atoms with Crippen LogP contribution in [0.2, 0.25) is 0 Å². The second-order valence-corrected chi connectivity index (χ2v) is 4.50. The van der Waals surface area contributed by atoms with E-state index in [0.717, 1.165) is 12.1 Å². The summed E-state index contributed by atoms with van der Waals surface area (Å²) in [7, 11) is 0. The maximum Gasteiger partial charge on any atom is 0.326 e. The number of aliphatic carboxylic acids is 1. The Labute approximate surface area is 116 Å². The molecule has 3 N–H and O–H groups in total. The molecule has 0 heterocycles. The molecule has 0 fully saturated rings. The molecule has 1 aromatic carbocycles. The molecule has 0 aliphatic heterocycles. The summed E-state index contributed by atoms with van der Waals surface area (Å²) in [5, 5.41) is 12.9. The van der Waals surface area contributed by atoms with E-state index in [1.165, 1.54) is 0 Å². The zero-order valence-corrected chi connectivity index (χ0v) is 11.4. The van der Waals surface area contributed by atoms with E-state index in [-0.39, 0.29) is 16.6 Å². The summed E-state index contributed by atoms with van der Waals surface area (Å²) in [4.78, 5) is 22.1. The highest BCUT2D eigenvalue weighted by molar-refractivity contribution is 9.10. The molecule has 1 unspecified atom stereocenters. The Morgan fingerprint density at radius 2 is 2.00 bits per heavy atom. The fourth-order valence-electron chi connectivity index (χ4n) is 1.27. The van der Waals surface area contributed by atoms with Gasteiger partial charge in [-0.1, -0.05) is 6.92 Å². The predicted molar refractivity (Wildman–Crippen MR) is 67.9 cm³/mol. The maximum atomic E-state index is 13.4. The van der Waals surface area contributed by atoms with Gasteiger partial charge in [-0.2, -0.15) is 0 Å². The summed E-state index contributed by atoms with van der Waals surface area (Å²) in [6, 6.07) is -0.363. The highest BCUT2D eigenvalue weighted by Gasteiger charge is 2.18. The highest BCUT2D eigenvalue weighted by Crippen LogP contribution is 2.23. The van der Waals surface area contributed by atoms with E-state index in [2.05, 4.69) is 21.2 Å². The minimum atomic E-state index is -1.21. The van der Waals surface area contributed by atoms with Crippen LogP contribution in [-0.4, -0.2) is 23.1 Å². The molecule has 1 rings (SSSR count). The van der Waals surface area contributed by atoms with E-state index >= 15 is 0 Å². The lowest BCUT2D eigenvalue weighted by molar-refractivity contribution is -0.139. The Morgan fingerprint density at radius 1 is 1.37 bits per heavy atom. The molecule has 0 aliphatic carbocycles. The van der Waals surface area contributed by atoms with Crippen molar-refractivity contribution in [3.8, 4) is 0 Å². The lowest BCUT2D eigenvalue weighted by Crippen LogP contribution is -2.42. The first kappa shape index (κ1) is 15.4. The van der Waals surface area contributed by atoms with Crippen LogP contribution in [0.15, 0.2) is 16.6 Å². The summed E-state index contributed by atoms with van der Waals surface area (Å²) < 4.78 is 26.5. The van der Waals surface area contributed by atoms with Crippen LogP contribution in [0, 0.1) is 11.6 Å². The van der Waals surface area contributed by atoms with Gasteiger partial charge in [0.15, 0.2) is 0 Å². The first-order chi connectivity index (χ1) is 8.85. The Kier molecular flexibility index (Phi) is 5.22. The molecule has 104 valence electrons. The number of rotatable bonds is 4. The molecule has 8 heteroatoms. The fraction of sp³-hybridized carbons (Fsp3) is 0.273. The lowest BCUT2D eigenvalue weighted by atomic mass is 10.2. The van der Waals surface area contributed by atoms with E-state index in [9.17, 15) is 18.4 Å². The third-order valence-electron chi connectivity index (χ3n) is 2.27. The Balaban J connectivity index is 2.77. The number of carboxylic acids is 1. The summed E-state index contributed by atoms with van der Waals surface area (Å²) in [5.74, 6) is -2.80. The van der Waals surface area contributed by atoms with Gasteiger partial charge in [-0.15, -0.1) is 0 Å². The number of carbonyl (C=O) groups is 2. The van der Waals surface area contributed by atoms with Crippen LogP contribution < -0.4 is 10.6 Å². The zero-order chi connectivity index (χ0) is 14.6. The molecule has 0 spiro atoms. The Hall–Kier alpha value is -1.70. The van der Waals surface area contributed by atoms with Crippen LogP contribution in [0.25, 0.3) is 0 Å². The van der Waals surface area contributed by atoms with Crippen LogP contribution in [0.3, 0.4) is 0 Å². The molecular formula is C11H11BrF2N2O3. The molecule has 0 saturated carbocycles. The number of hydrogen-bond donors (Lipinski definition) is 3. The standard InChI is InChI=1S/C11H11BrF2N2O3/c1-2-8(10(17)18)15-11(19)16-9-4-6(13)5(12)3-7(9)14/h3-4,8H,2H2,1H3,(H,17,18)(H2,15,16,19). The predicted octanol–water partition coefficient (Wildman–Crippen LogP) is 2.71. The molecule has 0 aliphatic rings. The summed E-state index contributed by atoms with van der Waals surface area (Å²) in [6.45, 7) is 1.57. The molecular weight excluding hydrogens is 326 g/mol. The van der Waals surface area contributed by atoms with Crippen molar-refractivity contribution >= 4 is 33.6 Å². The molecule has 2 amide bonds. The number of halogens is 3. The molecule has 19 heavy (non-hydrogen) atoms. The molecule has 5 nitrogen and oxygen atoms in total. The van der Waals surface area contributed by atoms with Crippen LogP contribution in [0.1, 0.15) is 13.3 Å². The summed E-state index contributed by atoms with van der Waals surface area (Å²) in [6.07, 6.45) is 0.167. The van der Waals surface area contributed by atoms with Crippen molar-refractivity contribution in [3.63, 3.8) is 0 Å².